The lowest BCUT2D eigenvalue weighted by molar-refractivity contribution is 0.0610. The molecular weight excluding hydrogens is 246 g/mol. The summed E-state index contributed by atoms with van der Waals surface area (Å²) in [4.78, 5) is 2.31. The fourth-order valence-corrected chi connectivity index (χ4v) is 2.28. The number of aliphatic hydroxyl groups is 1. The highest BCUT2D eigenvalue weighted by molar-refractivity contribution is 5.17. The molecule has 106 valence electrons. The van der Waals surface area contributed by atoms with Crippen LogP contribution in [0.2, 0.25) is 0 Å². The van der Waals surface area contributed by atoms with Gasteiger partial charge in [0.1, 0.15) is 0 Å². The Labute approximate surface area is 121 Å². The molecule has 20 heavy (non-hydrogen) atoms. The number of benzene rings is 2. The predicted molar refractivity (Wildman–Crippen MR) is 83.3 cm³/mol. The molecule has 0 radical (unpaired) electrons. The van der Waals surface area contributed by atoms with Gasteiger partial charge in [-0.3, -0.25) is 4.90 Å². The van der Waals surface area contributed by atoms with Gasteiger partial charge in [-0.2, -0.15) is 0 Å². The van der Waals surface area contributed by atoms with Crippen molar-refractivity contribution in [3.63, 3.8) is 0 Å². The molecule has 0 aromatic heterocycles. The molecule has 0 aliphatic rings. The summed E-state index contributed by atoms with van der Waals surface area (Å²) in [6, 6.07) is 20.9. The highest BCUT2D eigenvalue weighted by atomic mass is 16.3. The normalized spacial score (nSPS) is 14.2. The van der Waals surface area contributed by atoms with Gasteiger partial charge in [0.15, 0.2) is 0 Å². The SMILES string of the molecule is C[C@H]([C@@H](C)O)N(Cc1ccccc1)Cc1ccccc1. The molecule has 2 atom stereocenters. The summed E-state index contributed by atoms with van der Waals surface area (Å²) in [5, 5.41) is 9.91. The number of hydrogen-bond acceptors (Lipinski definition) is 2. The van der Waals surface area contributed by atoms with Crippen LogP contribution in [0.3, 0.4) is 0 Å². The molecule has 0 aliphatic carbocycles. The van der Waals surface area contributed by atoms with E-state index < -0.39 is 0 Å². The van der Waals surface area contributed by atoms with Gasteiger partial charge >= 0.3 is 0 Å². The topological polar surface area (TPSA) is 23.5 Å². The molecule has 2 aromatic carbocycles. The zero-order valence-electron chi connectivity index (χ0n) is 12.2. The van der Waals surface area contributed by atoms with E-state index in [1.165, 1.54) is 11.1 Å². The summed E-state index contributed by atoms with van der Waals surface area (Å²) < 4.78 is 0. The Balaban J connectivity index is 2.12. The van der Waals surface area contributed by atoms with Crippen molar-refractivity contribution in [2.75, 3.05) is 0 Å². The zero-order valence-corrected chi connectivity index (χ0v) is 12.2. The van der Waals surface area contributed by atoms with E-state index in [4.69, 9.17) is 0 Å². The number of aliphatic hydroxyl groups excluding tert-OH is 1. The third-order valence-corrected chi connectivity index (χ3v) is 3.73. The van der Waals surface area contributed by atoms with Crippen LogP contribution < -0.4 is 0 Å². The summed E-state index contributed by atoms with van der Waals surface area (Å²) >= 11 is 0. The molecule has 0 heterocycles. The average molecular weight is 269 g/mol. The summed E-state index contributed by atoms with van der Waals surface area (Å²) in [7, 11) is 0. The first kappa shape index (κ1) is 14.8. The van der Waals surface area contributed by atoms with Crippen molar-refractivity contribution < 1.29 is 5.11 Å². The Hall–Kier alpha value is -1.64. The van der Waals surface area contributed by atoms with Crippen molar-refractivity contribution in [1.82, 2.24) is 4.90 Å². The number of hydrogen-bond donors (Lipinski definition) is 1. The van der Waals surface area contributed by atoms with Crippen LogP contribution in [0.25, 0.3) is 0 Å². The molecule has 2 rings (SSSR count). The van der Waals surface area contributed by atoms with E-state index in [0.29, 0.717) is 0 Å². The van der Waals surface area contributed by atoms with Gasteiger partial charge in [-0.15, -0.1) is 0 Å². The van der Waals surface area contributed by atoms with Crippen LogP contribution in [0.4, 0.5) is 0 Å². The molecule has 0 bridgehead atoms. The van der Waals surface area contributed by atoms with Crippen LogP contribution in [0, 0.1) is 0 Å². The van der Waals surface area contributed by atoms with Crippen LogP contribution in [0.5, 0.6) is 0 Å². The monoisotopic (exact) mass is 269 g/mol. The lowest BCUT2D eigenvalue weighted by atomic mass is 10.1. The molecule has 0 unspecified atom stereocenters. The van der Waals surface area contributed by atoms with Crippen LogP contribution >= 0.6 is 0 Å². The standard InChI is InChI=1S/C18H23NO/c1-15(16(2)20)19(13-17-9-5-3-6-10-17)14-18-11-7-4-8-12-18/h3-12,15-16,20H,13-14H2,1-2H3/t15-,16-/m1/s1. The van der Waals surface area contributed by atoms with Gasteiger partial charge in [0.05, 0.1) is 6.10 Å². The first-order valence-corrected chi connectivity index (χ1v) is 7.17. The lowest BCUT2D eigenvalue weighted by Gasteiger charge is -2.31. The van der Waals surface area contributed by atoms with E-state index in [2.05, 4.69) is 60.4 Å². The van der Waals surface area contributed by atoms with Gasteiger partial charge in [0.2, 0.25) is 0 Å². The minimum Gasteiger partial charge on any atom is -0.392 e. The Morgan fingerprint density at radius 1 is 0.800 bits per heavy atom. The quantitative estimate of drug-likeness (QED) is 0.868. The molecule has 0 fully saturated rings. The second-order valence-electron chi connectivity index (χ2n) is 5.36. The third kappa shape index (κ3) is 4.19. The smallest absolute Gasteiger partial charge is 0.0664 e. The minimum absolute atomic E-state index is 0.121. The average Bonchev–Trinajstić information content (AvgIpc) is 2.48. The van der Waals surface area contributed by atoms with Crippen molar-refractivity contribution in [3.05, 3.63) is 71.8 Å². The first-order valence-electron chi connectivity index (χ1n) is 7.17. The fourth-order valence-electron chi connectivity index (χ4n) is 2.28. The summed E-state index contributed by atoms with van der Waals surface area (Å²) in [5.74, 6) is 0. The first-order chi connectivity index (χ1) is 9.66. The highest BCUT2D eigenvalue weighted by Crippen LogP contribution is 2.15. The van der Waals surface area contributed by atoms with Crippen molar-refractivity contribution in [2.24, 2.45) is 0 Å². The van der Waals surface area contributed by atoms with Crippen LogP contribution in [0.15, 0.2) is 60.7 Å². The zero-order chi connectivity index (χ0) is 14.4. The molecule has 1 N–H and O–H groups in total. The van der Waals surface area contributed by atoms with E-state index in [1.807, 2.05) is 19.1 Å². The molecule has 0 aliphatic heterocycles. The van der Waals surface area contributed by atoms with Crippen molar-refractivity contribution in [1.29, 1.82) is 0 Å². The lowest BCUT2D eigenvalue weighted by Crippen LogP contribution is -2.39. The maximum atomic E-state index is 9.91. The maximum Gasteiger partial charge on any atom is 0.0664 e. The third-order valence-electron chi connectivity index (χ3n) is 3.73. The van der Waals surface area contributed by atoms with Crippen molar-refractivity contribution >= 4 is 0 Å². The van der Waals surface area contributed by atoms with E-state index in [0.717, 1.165) is 13.1 Å². The molecule has 0 saturated carbocycles. The Morgan fingerprint density at radius 2 is 1.20 bits per heavy atom. The minimum atomic E-state index is -0.345. The van der Waals surface area contributed by atoms with Gasteiger partial charge in [0, 0.05) is 19.1 Å². The summed E-state index contributed by atoms with van der Waals surface area (Å²) in [6.07, 6.45) is -0.345. The van der Waals surface area contributed by atoms with Crippen LogP contribution in [0.1, 0.15) is 25.0 Å². The van der Waals surface area contributed by atoms with E-state index in [-0.39, 0.29) is 12.1 Å². The maximum absolute atomic E-state index is 9.91. The summed E-state index contributed by atoms with van der Waals surface area (Å²) in [5.41, 5.74) is 2.55. The molecule has 0 amide bonds. The Morgan fingerprint density at radius 3 is 1.55 bits per heavy atom. The molecule has 2 nitrogen and oxygen atoms in total. The largest absolute Gasteiger partial charge is 0.392 e. The second kappa shape index (κ2) is 7.22. The molecule has 0 saturated heterocycles. The van der Waals surface area contributed by atoms with E-state index in [9.17, 15) is 5.11 Å². The van der Waals surface area contributed by atoms with E-state index in [1.54, 1.807) is 0 Å². The fraction of sp³-hybridized carbons (Fsp3) is 0.333. The van der Waals surface area contributed by atoms with Gasteiger partial charge in [-0.1, -0.05) is 60.7 Å². The van der Waals surface area contributed by atoms with Crippen molar-refractivity contribution in [3.8, 4) is 0 Å². The Bertz CT molecular complexity index is 454. The predicted octanol–water partition coefficient (Wildman–Crippen LogP) is 3.46. The van der Waals surface area contributed by atoms with Gasteiger partial charge in [-0.05, 0) is 25.0 Å². The van der Waals surface area contributed by atoms with Gasteiger partial charge < -0.3 is 5.11 Å². The molecule has 2 heteroatoms. The van der Waals surface area contributed by atoms with E-state index >= 15 is 0 Å². The highest BCUT2D eigenvalue weighted by Gasteiger charge is 2.18. The summed E-state index contributed by atoms with van der Waals surface area (Å²) in [6.45, 7) is 5.63. The molecule has 0 spiro atoms. The number of rotatable bonds is 6. The molecule has 2 aromatic rings. The van der Waals surface area contributed by atoms with Gasteiger partial charge in [-0.25, -0.2) is 0 Å². The molecular formula is C18H23NO. The number of nitrogens with zero attached hydrogens (tertiary/aromatic N) is 1. The van der Waals surface area contributed by atoms with Gasteiger partial charge in [0.25, 0.3) is 0 Å². The van der Waals surface area contributed by atoms with Crippen molar-refractivity contribution in [2.45, 2.75) is 39.1 Å². The van der Waals surface area contributed by atoms with Crippen LogP contribution in [-0.4, -0.2) is 22.2 Å². The second-order valence-corrected chi connectivity index (χ2v) is 5.36. The van der Waals surface area contributed by atoms with Crippen LogP contribution in [-0.2, 0) is 13.1 Å². The Kier molecular flexibility index (Phi) is 5.33.